The molecule has 1 aliphatic carbocycles. The minimum Gasteiger partial charge on any atom is -0.506 e. The van der Waals surface area contributed by atoms with Crippen molar-refractivity contribution in [2.45, 2.75) is 25.4 Å². The van der Waals surface area contributed by atoms with E-state index >= 15 is 0 Å². The summed E-state index contributed by atoms with van der Waals surface area (Å²) in [5.74, 6) is -2.07. The summed E-state index contributed by atoms with van der Waals surface area (Å²) in [6.45, 7) is -0.0465. The van der Waals surface area contributed by atoms with Crippen molar-refractivity contribution in [2.24, 2.45) is 5.73 Å². The van der Waals surface area contributed by atoms with Gasteiger partial charge in [0.25, 0.3) is 11.8 Å². The third-order valence-electron chi connectivity index (χ3n) is 5.54. The number of phenolic OH excluding ortho intramolecular Hbond substituents is 1. The van der Waals surface area contributed by atoms with Crippen LogP contribution in [0.2, 0.25) is 10.0 Å². The Morgan fingerprint density at radius 3 is 2.75 bits per heavy atom. The van der Waals surface area contributed by atoms with E-state index in [9.17, 15) is 19.1 Å². The molecule has 0 saturated carbocycles. The predicted octanol–water partition coefficient (Wildman–Crippen LogP) is 4.66. The Balaban J connectivity index is 1.83. The van der Waals surface area contributed by atoms with Crippen molar-refractivity contribution in [2.75, 3.05) is 0 Å². The van der Waals surface area contributed by atoms with Gasteiger partial charge in [-0.1, -0.05) is 35.3 Å². The Hall–Kier alpha value is -3.16. The first-order valence-corrected chi connectivity index (χ1v) is 10.5. The van der Waals surface area contributed by atoms with E-state index in [1.54, 1.807) is 24.3 Å². The molecule has 0 unspecified atom stereocenters. The number of phenols is 1. The molecule has 4 rings (SSSR count). The Morgan fingerprint density at radius 1 is 1.22 bits per heavy atom. The average Bonchev–Trinajstić information content (AvgIpc) is 3.17. The van der Waals surface area contributed by atoms with Crippen LogP contribution in [0, 0.1) is 5.82 Å². The van der Waals surface area contributed by atoms with E-state index in [-0.39, 0.29) is 33.6 Å². The highest BCUT2D eigenvalue weighted by molar-refractivity contribution is 6.32. The number of para-hydroxylation sites is 1. The van der Waals surface area contributed by atoms with Crippen molar-refractivity contribution in [1.82, 2.24) is 9.88 Å². The molecule has 1 heterocycles. The molecule has 3 aromatic rings. The number of benzene rings is 2. The molecular weight excluding hydrogens is 456 g/mol. The number of halogens is 3. The molecule has 0 saturated heterocycles. The standard InChI is InChI=1S/C23H18Cl2FN3O3/c24-13-9-16-14(18(26)10-13)6-7-19(16)29(11-12-3-2-8-28-20(12)22(27)31)23(32)15-4-1-5-17(25)21(15)30/h1-5,8-10,19,30H,6-7,11H2,(H2,27,31)/t19-/m1/s1. The van der Waals surface area contributed by atoms with Gasteiger partial charge in [-0.15, -0.1) is 0 Å². The average molecular weight is 474 g/mol. The third-order valence-corrected chi connectivity index (χ3v) is 6.06. The van der Waals surface area contributed by atoms with Gasteiger partial charge in [-0.2, -0.15) is 0 Å². The Morgan fingerprint density at radius 2 is 2.00 bits per heavy atom. The van der Waals surface area contributed by atoms with Crippen molar-refractivity contribution < 1.29 is 19.1 Å². The fourth-order valence-electron chi connectivity index (χ4n) is 4.08. The molecule has 32 heavy (non-hydrogen) atoms. The second kappa shape index (κ2) is 8.76. The van der Waals surface area contributed by atoms with Crippen LogP contribution in [0.1, 0.15) is 50.0 Å². The number of carbonyl (C=O) groups excluding carboxylic acids is 2. The monoisotopic (exact) mass is 473 g/mol. The molecule has 0 bridgehead atoms. The highest BCUT2D eigenvalue weighted by Crippen LogP contribution is 2.41. The van der Waals surface area contributed by atoms with Gasteiger partial charge in [0.15, 0.2) is 0 Å². The molecule has 1 aliphatic rings. The maximum atomic E-state index is 14.5. The first-order chi connectivity index (χ1) is 15.3. The molecule has 1 aromatic heterocycles. The van der Waals surface area contributed by atoms with E-state index in [4.69, 9.17) is 28.9 Å². The molecule has 0 spiro atoms. The van der Waals surface area contributed by atoms with Crippen LogP contribution in [0.5, 0.6) is 5.75 Å². The molecule has 3 N–H and O–H groups in total. The largest absolute Gasteiger partial charge is 0.506 e. The zero-order chi connectivity index (χ0) is 23.0. The summed E-state index contributed by atoms with van der Waals surface area (Å²) in [5, 5.41) is 10.6. The predicted molar refractivity (Wildman–Crippen MR) is 118 cm³/mol. The summed E-state index contributed by atoms with van der Waals surface area (Å²) in [6.07, 6.45) is 2.27. The molecule has 9 heteroatoms. The fraction of sp³-hybridized carbons (Fsp3) is 0.174. The van der Waals surface area contributed by atoms with Gasteiger partial charge in [0.1, 0.15) is 17.3 Å². The SMILES string of the molecule is NC(=O)c1ncccc1CN(C(=O)c1cccc(Cl)c1O)[C@@H]1CCc2c(F)cc(Cl)cc21. The first-order valence-electron chi connectivity index (χ1n) is 9.78. The van der Waals surface area contributed by atoms with Gasteiger partial charge in [0.2, 0.25) is 0 Å². The molecule has 1 atom stereocenters. The van der Waals surface area contributed by atoms with Crippen LogP contribution in [0.3, 0.4) is 0 Å². The number of rotatable bonds is 5. The van der Waals surface area contributed by atoms with Crippen LogP contribution in [0.15, 0.2) is 48.7 Å². The fourth-order valence-corrected chi connectivity index (χ4v) is 4.47. The van der Waals surface area contributed by atoms with E-state index < -0.39 is 23.7 Å². The Labute approximate surface area is 193 Å². The second-order valence-corrected chi connectivity index (χ2v) is 8.30. The van der Waals surface area contributed by atoms with Gasteiger partial charge < -0.3 is 15.7 Å². The summed E-state index contributed by atoms with van der Waals surface area (Å²) >= 11 is 12.1. The normalized spacial score (nSPS) is 14.8. The smallest absolute Gasteiger partial charge is 0.267 e. The van der Waals surface area contributed by atoms with E-state index in [1.165, 1.54) is 29.3 Å². The molecule has 0 radical (unpaired) electrons. The summed E-state index contributed by atoms with van der Waals surface area (Å²) in [5.41, 5.74) is 6.95. The molecule has 0 aliphatic heterocycles. The van der Waals surface area contributed by atoms with Crippen molar-refractivity contribution in [1.29, 1.82) is 0 Å². The van der Waals surface area contributed by atoms with E-state index in [1.807, 2.05) is 0 Å². The lowest BCUT2D eigenvalue weighted by atomic mass is 10.0. The quantitative estimate of drug-likeness (QED) is 0.562. The number of hydrogen-bond acceptors (Lipinski definition) is 4. The summed E-state index contributed by atoms with van der Waals surface area (Å²) in [6, 6.07) is 10.0. The van der Waals surface area contributed by atoms with Crippen LogP contribution in [-0.4, -0.2) is 26.8 Å². The summed E-state index contributed by atoms with van der Waals surface area (Å²) in [7, 11) is 0. The maximum Gasteiger partial charge on any atom is 0.267 e. The maximum absolute atomic E-state index is 14.5. The van der Waals surface area contributed by atoms with Crippen LogP contribution >= 0.6 is 23.2 Å². The number of fused-ring (bicyclic) bond motifs is 1. The minimum absolute atomic E-state index is 0.0158. The van der Waals surface area contributed by atoms with Crippen LogP contribution in [0.4, 0.5) is 4.39 Å². The van der Waals surface area contributed by atoms with Crippen LogP contribution in [0.25, 0.3) is 0 Å². The number of hydrogen-bond donors (Lipinski definition) is 2. The molecule has 6 nitrogen and oxygen atoms in total. The van der Waals surface area contributed by atoms with E-state index in [0.717, 1.165) is 0 Å². The van der Waals surface area contributed by atoms with E-state index in [0.29, 0.717) is 29.5 Å². The van der Waals surface area contributed by atoms with Gasteiger partial charge in [-0.25, -0.2) is 4.39 Å². The van der Waals surface area contributed by atoms with Crippen molar-refractivity contribution in [3.05, 3.63) is 92.5 Å². The Bertz CT molecular complexity index is 1240. The number of carbonyl (C=O) groups is 2. The molecule has 0 fully saturated rings. The highest BCUT2D eigenvalue weighted by Gasteiger charge is 2.35. The van der Waals surface area contributed by atoms with Crippen molar-refractivity contribution in [3.63, 3.8) is 0 Å². The Kier molecular flexibility index (Phi) is 6.04. The second-order valence-electron chi connectivity index (χ2n) is 7.45. The molecule has 2 amide bonds. The van der Waals surface area contributed by atoms with Gasteiger partial charge in [-0.05, 0) is 54.3 Å². The van der Waals surface area contributed by atoms with Crippen molar-refractivity contribution in [3.8, 4) is 5.75 Å². The lowest BCUT2D eigenvalue weighted by Gasteiger charge is -2.31. The number of amides is 2. The highest BCUT2D eigenvalue weighted by atomic mass is 35.5. The first kappa shape index (κ1) is 22.0. The number of nitrogens with two attached hydrogens (primary N) is 1. The lowest BCUT2D eigenvalue weighted by molar-refractivity contribution is 0.0652. The number of aromatic nitrogens is 1. The van der Waals surface area contributed by atoms with Gasteiger partial charge in [-0.3, -0.25) is 14.6 Å². The molecular formula is C23H18Cl2FN3O3. The molecule has 164 valence electrons. The topological polar surface area (TPSA) is 96.5 Å². The van der Waals surface area contributed by atoms with Gasteiger partial charge >= 0.3 is 0 Å². The van der Waals surface area contributed by atoms with Gasteiger partial charge in [0, 0.05) is 23.3 Å². The van der Waals surface area contributed by atoms with Crippen LogP contribution in [-0.2, 0) is 13.0 Å². The number of aromatic hydroxyl groups is 1. The zero-order valence-corrected chi connectivity index (χ0v) is 18.2. The lowest BCUT2D eigenvalue weighted by Crippen LogP contribution is -2.34. The number of primary amides is 1. The summed E-state index contributed by atoms with van der Waals surface area (Å²) < 4.78 is 14.5. The molecule has 2 aromatic carbocycles. The van der Waals surface area contributed by atoms with Gasteiger partial charge in [0.05, 0.1) is 16.6 Å². The third kappa shape index (κ3) is 4.01. The number of nitrogens with zero attached hydrogens (tertiary/aromatic N) is 2. The number of pyridine rings is 1. The van der Waals surface area contributed by atoms with Crippen molar-refractivity contribution >= 4 is 35.0 Å². The van der Waals surface area contributed by atoms with Crippen LogP contribution < -0.4 is 5.73 Å². The minimum atomic E-state index is -0.737. The zero-order valence-electron chi connectivity index (χ0n) is 16.7. The van der Waals surface area contributed by atoms with E-state index in [2.05, 4.69) is 4.98 Å². The summed E-state index contributed by atoms with van der Waals surface area (Å²) in [4.78, 5) is 31.0.